The van der Waals surface area contributed by atoms with E-state index in [0.717, 1.165) is 12.0 Å². The molecule has 0 nitrogen and oxygen atoms in total. The molecule has 0 saturated heterocycles. The first kappa shape index (κ1) is 11.8. The Kier molecular flexibility index (Phi) is 4.05. The van der Waals surface area contributed by atoms with E-state index in [1.54, 1.807) is 0 Å². The second-order valence-corrected chi connectivity index (χ2v) is 3.73. The zero-order valence-electron chi connectivity index (χ0n) is 10.0. The monoisotopic (exact) mass is 228 g/mol. The molecular formula is C18H12. The van der Waals surface area contributed by atoms with Crippen LogP contribution >= 0.6 is 0 Å². The van der Waals surface area contributed by atoms with Gasteiger partial charge < -0.3 is 0 Å². The average molecular weight is 228 g/mol. The van der Waals surface area contributed by atoms with Crippen molar-refractivity contribution in [1.29, 1.82) is 0 Å². The summed E-state index contributed by atoms with van der Waals surface area (Å²) in [4.78, 5) is 0. The van der Waals surface area contributed by atoms with Gasteiger partial charge in [-0.05, 0) is 41.3 Å². The lowest BCUT2D eigenvalue weighted by molar-refractivity contribution is 1.28. The van der Waals surface area contributed by atoms with Crippen LogP contribution in [0.1, 0.15) is 12.0 Å². The van der Waals surface area contributed by atoms with Crippen molar-refractivity contribution in [3.8, 4) is 0 Å². The van der Waals surface area contributed by atoms with E-state index < -0.39 is 0 Å². The highest BCUT2D eigenvalue weighted by Crippen LogP contribution is 2.27. The van der Waals surface area contributed by atoms with Gasteiger partial charge in [0, 0.05) is 5.57 Å². The number of rotatable bonds is 1. The van der Waals surface area contributed by atoms with Crippen molar-refractivity contribution >= 4 is 5.57 Å². The summed E-state index contributed by atoms with van der Waals surface area (Å²) in [6, 6.07) is 10.3. The van der Waals surface area contributed by atoms with Crippen molar-refractivity contribution < 1.29 is 0 Å². The van der Waals surface area contributed by atoms with Crippen LogP contribution in [0.3, 0.4) is 0 Å². The van der Waals surface area contributed by atoms with E-state index in [1.165, 1.54) is 11.1 Å². The minimum Gasteiger partial charge on any atom is -0.0794 e. The van der Waals surface area contributed by atoms with Crippen molar-refractivity contribution in [3.05, 3.63) is 94.9 Å². The summed E-state index contributed by atoms with van der Waals surface area (Å²) in [5.41, 5.74) is 17.2. The minimum absolute atomic E-state index is 0.854. The molecule has 0 N–H and O–H groups in total. The van der Waals surface area contributed by atoms with E-state index in [4.69, 9.17) is 0 Å². The molecule has 0 radical (unpaired) electrons. The summed E-state index contributed by atoms with van der Waals surface area (Å²) in [5.74, 6) is 0. The third-order valence-electron chi connectivity index (χ3n) is 2.56. The Morgan fingerprint density at radius 3 is 2.61 bits per heavy atom. The second kappa shape index (κ2) is 6.17. The summed E-state index contributed by atoms with van der Waals surface area (Å²) in [6.45, 7) is 3.41. The van der Waals surface area contributed by atoms with Gasteiger partial charge in [-0.1, -0.05) is 60.0 Å². The smallest absolute Gasteiger partial charge is 0.0147 e. The molecule has 1 aliphatic rings. The maximum absolute atomic E-state index is 3.41. The van der Waals surface area contributed by atoms with Gasteiger partial charge in [0.2, 0.25) is 0 Å². The van der Waals surface area contributed by atoms with E-state index in [-0.39, 0.29) is 0 Å². The summed E-state index contributed by atoms with van der Waals surface area (Å²) < 4.78 is 0. The zero-order valence-corrected chi connectivity index (χ0v) is 10.0. The minimum atomic E-state index is 0.854. The van der Waals surface area contributed by atoms with Crippen molar-refractivity contribution in [1.82, 2.24) is 0 Å². The van der Waals surface area contributed by atoms with Crippen LogP contribution in [-0.4, -0.2) is 0 Å². The van der Waals surface area contributed by atoms with Crippen molar-refractivity contribution in [3.63, 3.8) is 0 Å². The quantitative estimate of drug-likeness (QED) is 0.626. The number of benzene rings is 1. The summed E-state index contributed by atoms with van der Waals surface area (Å²) in [7, 11) is 0. The van der Waals surface area contributed by atoms with Crippen LogP contribution in [0, 0.1) is 0 Å². The highest BCUT2D eigenvalue weighted by Gasteiger charge is 2.07. The van der Waals surface area contributed by atoms with Crippen LogP contribution in [-0.2, 0) is 0 Å². The molecule has 0 heteroatoms. The third-order valence-corrected chi connectivity index (χ3v) is 2.56. The van der Waals surface area contributed by atoms with Crippen LogP contribution in [0.15, 0.2) is 89.4 Å². The Labute approximate surface area is 107 Å². The Balaban J connectivity index is 2.54. The third kappa shape index (κ3) is 2.93. The van der Waals surface area contributed by atoms with E-state index >= 15 is 0 Å². The SMILES string of the molecule is C=C=C=C=C=C=C1CC=CC=C1c1ccccc1. The highest BCUT2D eigenvalue weighted by atomic mass is 14.1. The molecule has 0 atom stereocenters. The lowest BCUT2D eigenvalue weighted by atomic mass is 9.93. The van der Waals surface area contributed by atoms with Gasteiger partial charge in [0.05, 0.1) is 0 Å². The molecule has 0 saturated carbocycles. The normalized spacial score (nSPS) is 12.4. The van der Waals surface area contributed by atoms with Gasteiger partial charge in [0.25, 0.3) is 0 Å². The Morgan fingerprint density at radius 1 is 1.00 bits per heavy atom. The molecule has 0 amide bonds. The van der Waals surface area contributed by atoms with Gasteiger partial charge in [0.1, 0.15) is 0 Å². The average Bonchev–Trinajstić information content (AvgIpc) is 2.45. The van der Waals surface area contributed by atoms with Gasteiger partial charge in [-0.3, -0.25) is 0 Å². The van der Waals surface area contributed by atoms with E-state index in [2.05, 4.69) is 65.6 Å². The Morgan fingerprint density at radius 2 is 1.83 bits per heavy atom. The number of hydrogen-bond acceptors (Lipinski definition) is 0. The molecule has 2 rings (SSSR count). The first-order valence-electron chi connectivity index (χ1n) is 5.73. The summed E-state index contributed by atoms with van der Waals surface area (Å²) >= 11 is 0. The van der Waals surface area contributed by atoms with Gasteiger partial charge in [-0.25, -0.2) is 0 Å². The molecule has 0 heterocycles. The Hall–Kier alpha value is -2.66. The van der Waals surface area contributed by atoms with E-state index in [0.29, 0.717) is 0 Å². The predicted octanol–water partition coefficient (Wildman–Crippen LogP) is 4.36. The molecule has 1 aliphatic carbocycles. The molecule has 1 aromatic rings. The van der Waals surface area contributed by atoms with Crippen LogP contribution in [0.2, 0.25) is 0 Å². The van der Waals surface area contributed by atoms with Gasteiger partial charge >= 0.3 is 0 Å². The first-order valence-corrected chi connectivity index (χ1v) is 5.73. The molecule has 18 heavy (non-hydrogen) atoms. The second-order valence-electron chi connectivity index (χ2n) is 3.73. The molecular weight excluding hydrogens is 216 g/mol. The van der Waals surface area contributed by atoms with Crippen molar-refractivity contribution in [2.75, 3.05) is 0 Å². The number of hydrogen-bond donors (Lipinski definition) is 0. The standard InChI is InChI=1S/C18H12/c1-2-3-4-6-11-17-14-9-10-15-18(17)16-12-7-5-8-13-16/h5,7-10,12-13,15H,1,14H2. The predicted molar refractivity (Wildman–Crippen MR) is 74.9 cm³/mol. The fraction of sp³-hybridized carbons (Fsp3) is 0.0556. The fourth-order valence-corrected chi connectivity index (χ4v) is 1.75. The lowest BCUT2D eigenvalue weighted by Gasteiger charge is -2.10. The molecule has 0 unspecified atom stereocenters. The van der Waals surface area contributed by atoms with Crippen LogP contribution in [0.4, 0.5) is 0 Å². The Bertz CT molecular complexity index is 682. The molecule has 0 aromatic heterocycles. The van der Waals surface area contributed by atoms with Crippen LogP contribution in [0.25, 0.3) is 5.57 Å². The molecule has 1 aromatic carbocycles. The molecule has 0 aliphatic heterocycles. The fourth-order valence-electron chi connectivity index (χ4n) is 1.75. The van der Waals surface area contributed by atoms with Crippen LogP contribution in [0.5, 0.6) is 0 Å². The topological polar surface area (TPSA) is 0 Å². The highest BCUT2D eigenvalue weighted by molar-refractivity contribution is 5.81. The molecule has 0 fully saturated rings. The zero-order chi connectivity index (χ0) is 12.6. The lowest BCUT2D eigenvalue weighted by Crippen LogP contribution is -1.91. The maximum atomic E-state index is 3.41. The van der Waals surface area contributed by atoms with Gasteiger partial charge in [-0.15, -0.1) is 0 Å². The molecule has 0 bridgehead atoms. The molecule has 0 spiro atoms. The van der Waals surface area contributed by atoms with E-state index in [9.17, 15) is 0 Å². The van der Waals surface area contributed by atoms with Crippen molar-refractivity contribution in [2.24, 2.45) is 0 Å². The largest absolute Gasteiger partial charge is 0.0794 e. The summed E-state index contributed by atoms with van der Waals surface area (Å²) in [6.07, 6.45) is 7.11. The van der Waals surface area contributed by atoms with E-state index in [1.807, 2.05) is 18.2 Å². The van der Waals surface area contributed by atoms with Gasteiger partial charge in [0.15, 0.2) is 0 Å². The first-order chi connectivity index (χ1) is 8.92. The van der Waals surface area contributed by atoms with Gasteiger partial charge in [-0.2, -0.15) is 0 Å². The maximum Gasteiger partial charge on any atom is 0.0147 e. The number of allylic oxidation sites excluding steroid dienone is 5. The summed E-state index contributed by atoms with van der Waals surface area (Å²) in [5, 5.41) is 0. The van der Waals surface area contributed by atoms with Crippen molar-refractivity contribution in [2.45, 2.75) is 6.42 Å². The van der Waals surface area contributed by atoms with Crippen LogP contribution < -0.4 is 0 Å². The molecule has 84 valence electrons.